The maximum atomic E-state index is 13.6. The number of pyridine rings is 1. The number of aryl methyl sites for hydroxylation is 2. The lowest BCUT2D eigenvalue weighted by molar-refractivity contribution is -0.123. The van der Waals surface area contributed by atoms with Gasteiger partial charge in [-0.25, -0.2) is 17.7 Å². The molecule has 0 spiro atoms. The SMILES string of the molecule is Cc1cc(C)c2nc(N(Cc3ccccn3)C(=O)C3CCCN(S(C)(=O)=O)C3)sc2c1. The second kappa shape index (κ2) is 8.64. The highest BCUT2D eigenvalue weighted by molar-refractivity contribution is 7.88. The van der Waals surface area contributed by atoms with E-state index >= 15 is 0 Å². The normalized spacial score (nSPS) is 17.7. The number of carbonyl (C=O) groups is 1. The van der Waals surface area contributed by atoms with Gasteiger partial charge in [-0.2, -0.15) is 0 Å². The van der Waals surface area contributed by atoms with Gasteiger partial charge in [0.1, 0.15) is 0 Å². The van der Waals surface area contributed by atoms with Gasteiger partial charge in [0.25, 0.3) is 0 Å². The third-order valence-electron chi connectivity index (χ3n) is 5.56. The maximum absolute atomic E-state index is 13.6. The van der Waals surface area contributed by atoms with Gasteiger partial charge in [0.15, 0.2) is 5.13 Å². The Morgan fingerprint density at radius 1 is 1.29 bits per heavy atom. The van der Waals surface area contributed by atoms with Crippen LogP contribution in [-0.2, 0) is 21.4 Å². The summed E-state index contributed by atoms with van der Waals surface area (Å²) in [5, 5.41) is 0.621. The molecule has 0 radical (unpaired) electrons. The van der Waals surface area contributed by atoms with Gasteiger partial charge >= 0.3 is 0 Å². The molecule has 0 bridgehead atoms. The summed E-state index contributed by atoms with van der Waals surface area (Å²) in [5.41, 5.74) is 3.88. The third-order valence-corrected chi connectivity index (χ3v) is 7.86. The van der Waals surface area contributed by atoms with Crippen molar-refractivity contribution in [2.75, 3.05) is 24.2 Å². The lowest BCUT2D eigenvalue weighted by Gasteiger charge is -2.32. The molecule has 31 heavy (non-hydrogen) atoms. The summed E-state index contributed by atoms with van der Waals surface area (Å²) in [6.07, 6.45) is 4.23. The second-order valence-electron chi connectivity index (χ2n) is 8.13. The van der Waals surface area contributed by atoms with Crippen LogP contribution < -0.4 is 4.90 Å². The van der Waals surface area contributed by atoms with Crippen molar-refractivity contribution in [1.29, 1.82) is 0 Å². The Morgan fingerprint density at radius 3 is 2.81 bits per heavy atom. The van der Waals surface area contributed by atoms with Crippen LogP contribution in [0.2, 0.25) is 0 Å². The van der Waals surface area contributed by atoms with Gasteiger partial charge in [-0.3, -0.25) is 14.7 Å². The number of hydrogen-bond donors (Lipinski definition) is 0. The van der Waals surface area contributed by atoms with Crippen LogP contribution >= 0.6 is 11.3 Å². The average Bonchev–Trinajstić information content (AvgIpc) is 3.16. The van der Waals surface area contributed by atoms with Crippen molar-refractivity contribution in [1.82, 2.24) is 14.3 Å². The summed E-state index contributed by atoms with van der Waals surface area (Å²) in [4.78, 5) is 24.5. The molecule has 7 nitrogen and oxygen atoms in total. The number of piperidine rings is 1. The third kappa shape index (κ3) is 4.78. The number of aromatic nitrogens is 2. The first-order valence-electron chi connectivity index (χ1n) is 10.3. The number of amides is 1. The average molecular weight is 459 g/mol. The zero-order valence-electron chi connectivity index (χ0n) is 17.9. The Hall–Kier alpha value is -2.36. The van der Waals surface area contributed by atoms with Crippen molar-refractivity contribution in [2.45, 2.75) is 33.2 Å². The van der Waals surface area contributed by atoms with Gasteiger partial charge in [-0.1, -0.05) is 23.5 Å². The Morgan fingerprint density at radius 2 is 2.10 bits per heavy atom. The van der Waals surface area contributed by atoms with E-state index in [2.05, 4.69) is 17.1 Å². The van der Waals surface area contributed by atoms with Crippen molar-refractivity contribution in [3.8, 4) is 0 Å². The molecule has 9 heteroatoms. The van der Waals surface area contributed by atoms with Crippen LogP contribution in [-0.4, -0.2) is 47.9 Å². The van der Waals surface area contributed by atoms with E-state index in [0.717, 1.165) is 27.0 Å². The summed E-state index contributed by atoms with van der Waals surface area (Å²) < 4.78 is 26.5. The van der Waals surface area contributed by atoms with E-state index in [-0.39, 0.29) is 12.5 Å². The van der Waals surface area contributed by atoms with Crippen LogP contribution in [0.3, 0.4) is 0 Å². The predicted molar refractivity (Wildman–Crippen MR) is 124 cm³/mol. The number of rotatable bonds is 5. The number of nitrogens with zero attached hydrogens (tertiary/aromatic N) is 4. The molecule has 3 heterocycles. The zero-order chi connectivity index (χ0) is 22.2. The number of hydrogen-bond acceptors (Lipinski definition) is 6. The second-order valence-corrected chi connectivity index (χ2v) is 11.1. The molecule has 1 aliphatic rings. The summed E-state index contributed by atoms with van der Waals surface area (Å²) in [6.45, 7) is 5.04. The summed E-state index contributed by atoms with van der Waals surface area (Å²) >= 11 is 1.49. The highest BCUT2D eigenvalue weighted by Crippen LogP contribution is 2.34. The minimum atomic E-state index is -3.34. The van der Waals surface area contributed by atoms with Gasteiger partial charge in [0, 0.05) is 19.3 Å². The van der Waals surface area contributed by atoms with Crippen molar-refractivity contribution in [3.63, 3.8) is 0 Å². The van der Waals surface area contributed by atoms with Crippen LogP contribution in [0.4, 0.5) is 5.13 Å². The first-order chi connectivity index (χ1) is 14.7. The molecule has 164 valence electrons. The van der Waals surface area contributed by atoms with Crippen LogP contribution in [0.15, 0.2) is 36.5 Å². The monoisotopic (exact) mass is 458 g/mol. The Balaban J connectivity index is 1.71. The Labute approximate surface area is 186 Å². The molecule has 1 aliphatic heterocycles. The van der Waals surface area contributed by atoms with E-state index in [4.69, 9.17) is 4.98 Å². The van der Waals surface area contributed by atoms with Gasteiger partial charge in [0.2, 0.25) is 15.9 Å². The van der Waals surface area contributed by atoms with E-state index in [1.165, 1.54) is 21.9 Å². The molecule has 1 fully saturated rings. The quantitative estimate of drug-likeness (QED) is 0.584. The highest BCUT2D eigenvalue weighted by Gasteiger charge is 2.34. The number of benzene rings is 1. The topological polar surface area (TPSA) is 83.5 Å². The molecule has 0 saturated carbocycles. The molecule has 1 amide bonds. The van der Waals surface area contributed by atoms with Crippen LogP contribution in [0.1, 0.15) is 29.7 Å². The minimum Gasteiger partial charge on any atom is -0.282 e. The fourth-order valence-electron chi connectivity index (χ4n) is 4.03. The number of sulfonamides is 1. The van der Waals surface area contributed by atoms with E-state index in [0.29, 0.717) is 31.1 Å². The first-order valence-corrected chi connectivity index (χ1v) is 12.9. The van der Waals surface area contributed by atoms with Gasteiger partial charge in [-0.15, -0.1) is 0 Å². The molecular formula is C22H26N4O3S2. The first kappa shape index (κ1) is 21.9. The molecule has 1 saturated heterocycles. The fraction of sp³-hybridized carbons (Fsp3) is 0.409. The number of carbonyl (C=O) groups excluding carboxylic acids is 1. The molecule has 1 unspecified atom stereocenters. The van der Waals surface area contributed by atoms with E-state index < -0.39 is 15.9 Å². The van der Waals surface area contributed by atoms with E-state index in [1.54, 1.807) is 11.1 Å². The summed E-state index contributed by atoms with van der Waals surface area (Å²) in [6, 6.07) is 9.78. The number of fused-ring (bicyclic) bond motifs is 1. The lowest BCUT2D eigenvalue weighted by Crippen LogP contribution is -2.46. The van der Waals surface area contributed by atoms with Crippen LogP contribution in [0.5, 0.6) is 0 Å². The summed E-state index contributed by atoms with van der Waals surface area (Å²) in [5.74, 6) is -0.505. The zero-order valence-corrected chi connectivity index (χ0v) is 19.5. The van der Waals surface area contributed by atoms with E-state index in [9.17, 15) is 13.2 Å². The molecule has 0 aliphatic carbocycles. The standard InChI is InChI=1S/C22H26N4O3S2/c1-15-11-16(2)20-19(12-15)30-22(24-20)26(14-18-8-4-5-9-23-18)21(27)17-7-6-10-25(13-17)31(3,28)29/h4-5,8-9,11-12,17H,6-7,10,13-14H2,1-3H3. The van der Waals surface area contributed by atoms with Gasteiger partial charge < -0.3 is 0 Å². The molecule has 3 aromatic rings. The number of anilines is 1. The number of thiazole rings is 1. The maximum Gasteiger partial charge on any atom is 0.233 e. The largest absolute Gasteiger partial charge is 0.282 e. The summed E-state index contributed by atoms with van der Waals surface area (Å²) in [7, 11) is -3.34. The predicted octanol–water partition coefficient (Wildman–Crippen LogP) is 3.51. The van der Waals surface area contributed by atoms with Crippen LogP contribution in [0.25, 0.3) is 10.2 Å². The molecule has 1 aromatic carbocycles. The van der Waals surface area contributed by atoms with Gasteiger partial charge in [0.05, 0.1) is 34.6 Å². The van der Waals surface area contributed by atoms with Crippen molar-refractivity contribution in [3.05, 3.63) is 53.3 Å². The Kier molecular flexibility index (Phi) is 6.09. The molecule has 4 rings (SSSR count). The van der Waals surface area contributed by atoms with Crippen molar-refractivity contribution < 1.29 is 13.2 Å². The Bertz CT molecular complexity index is 1210. The molecule has 0 N–H and O–H groups in total. The van der Waals surface area contributed by atoms with Crippen molar-refractivity contribution in [2.24, 2.45) is 5.92 Å². The van der Waals surface area contributed by atoms with Crippen LogP contribution in [0, 0.1) is 19.8 Å². The minimum absolute atomic E-state index is 0.104. The molecular weight excluding hydrogens is 432 g/mol. The lowest BCUT2D eigenvalue weighted by atomic mass is 9.98. The van der Waals surface area contributed by atoms with E-state index in [1.807, 2.05) is 32.0 Å². The fourth-order valence-corrected chi connectivity index (χ4v) is 6.09. The molecule has 1 atom stereocenters. The highest BCUT2D eigenvalue weighted by atomic mass is 32.2. The van der Waals surface area contributed by atoms with Gasteiger partial charge in [-0.05, 0) is 56.0 Å². The molecule has 2 aromatic heterocycles. The smallest absolute Gasteiger partial charge is 0.233 e. The van der Waals surface area contributed by atoms with Crippen molar-refractivity contribution >= 4 is 42.6 Å².